The van der Waals surface area contributed by atoms with E-state index >= 15 is 0 Å². The minimum Gasteiger partial charge on any atom is -0.393 e. The third-order valence-electron chi connectivity index (χ3n) is 0.437. The fourth-order valence-corrected chi connectivity index (χ4v) is 0.139. The van der Waals surface area contributed by atoms with Crippen molar-refractivity contribution in [3.63, 3.8) is 0 Å². The van der Waals surface area contributed by atoms with Crippen molar-refractivity contribution in [1.82, 2.24) is 0 Å². The molecule has 0 fully saturated rings. The Bertz CT molecular complexity index is 40.8. The molecule has 0 heterocycles. The highest BCUT2D eigenvalue weighted by molar-refractivity contribution is 5.49. The molecule has 0 aliphatic heterocycles. The Morgan fingerprint density at radius 1 is 2.00 bits per heavy atom. The first-order valence-corrected chi connectivity index (χ1v) is 1.89. The number of aliphatic hydroxyl groups excluding tert-OH is 1. The fourth-order valence-electron chi connectivity index (χ4n) is 0.139. The average Bonchev–Trinajstić information content (AvgIpc) is 1.35. The molecule has 1 N–H and O–H groups in total. The van der Waals surface area contributed by atoms with E-state index in [2.05, 4.69) is 0 Å². The van der Waals surface area contributed by atoms with Gasteiger partial charge in [-0.3, -0.25) is 0 Å². The molecule has 0 spiro atoms. The number of hydrogen-bond donors (Lipinski definition) is 1. The summed E-state index contributed by atoms with van der Waals surface area (Å²) in [6, 6.07) is 0. The molecule has 2 nitrogen and oxygen atoms in total. The van der Waals surface area contributed by atoms with Crippen molar-refractivity contribution in [1.29, 1.82) is 0 Å². The zero-order chi connectivity index (χ0) is 4.99. The van der Waals surface area contributed by atoms with Gasteiger partial charge in [-0.2, -0.15) is 0 Å². The molecule has 2 heteroatoms. The Hall–Kier alpha value is -0.370. The lowest BCUT2D eigenvalue weighted by Crippen LogP contribution is -1.97. The van der Waals surface area contributed by atoms with E-state index in [9.17, 15) is 4.79 Å². The first-order valence-electron chi connectivity index (χ1n) is 1.89. The van der Waals surface area contributed by atoms with Crippen molar-refractivity contribution in [2.24, 2.45) is 0 Å². The van der Waals surface area contributed by atoms with E-state index in [0.29, 0.717) is 6.29 Å². The molecule has 0 amide bonds. The van der Waals surface area contributed by atoms with Crippen LogP contribution in [0.25, 0.3) is 0 Å². The maximum Gasteiger partial charge on any atom is 0.122 e. The highest BCUT2D eigenvalue weighted by Gasteiger charge is 1.87. The zero-order valence-corrected chi connectivity index (χ0v) is 3.72. The summed E-state index contributed by atoms with van der Waals surface area (Å²) in [7, 11) is 0. The van der Waals surface area contributed by atoms with E-state index in [-0.39, 0.29) is 6.42 Å². The van der Waals surface area contributed by atoms with Gasteiger partial charge in [-0.25, -0.2) is 0 Å². The van der Waals surface area contributed by atoms with Crippen molar-refractivity contribution in [3.8, 4) is 0 Å². The van der Waals surface area contributed by atoms with Crippen LogP contribution in [0.5, 0.6) is 0 Å². The summed E-state index contributed by atoms with van der Waals surface area (Å²) >= 11 is 0. The topological polar surface area (TPSA) is 37.3 Å². The number of carbonyl (C=O) groups excluding carboxylic acids is 1. The third kappa shape index (κ3) is 3.63. The van der Waals surface area contributed by atoms with Gasteiger partial charge in [-0.05, 0) is 6.92 Å². The molecule has 0 bridgehead atoms. The van der Waals surface area contributed by atoms with E-state index < -0.39 is 6.10 Å². The number of rotatable bonds is 2. The SMILES string of the molecule is C[C@H](O)CC=O. The minimum absolute atomic E-state index is 0.250. The number of hydrogen-bond acceptors (Lipinski definition) is 2. The Balaban J connectivity index is 2.81. The van der Waals surface area contributed by atoms with Gasteiger partial charge in [0.15, 0.2) is 0 Å². The van der Waals surface area contributed by atoms with E-state index in [1.165, 1.54) is 0 Å². The minimum atomic E-state index is -0.470. The van der Waals surface area contributed by atoms with Crippen LogP contribution in [0.3, 0.4) is 0 Å². The predicted octanol–water partition coefficient (Wildman–Crippen LogP) is -0.0438. The van der Waals surface area contributed by atoms with Crippen LogP contribution in [0.15, 0.2) is 0 Å². The van der Waals surface area contributed by atoms with Crippen LogP contribution in [-0.4, -0.2) is 17.5 Å². The number of aliphatic hydroxyl groups is 1. The van der Waals surface area contributed by atoms with Gasteiger partial charge in [0.1, 0.15) is 6.29 Å². The van der Waals surface area contributed by atoms with Gasteiger partial charge < -0.3 is 9.90 Å². The van der Waals surface area contributed by atoms with Crippen LogP contribution in [0, 0.1) is 0 Å². The first kappa shape index (κ1) is 5.63. The van der Waals surface area contributed by atoms with Crippen molar-refractivity contribution in [2.75, 3.05) is 0 Å². The quantitative estimate of drug-likeness (QED) is 0.481. The molecule has 6 heavy (non-hydrogen) atoms. The normalized spacial score (nSPS) is 13.7. The van der Waals surface area contributed by atoms with Crippen LogP contribution in [0.1, 0.15) is 13.3 Å². The van der Waals surface area contributed by atoms with Gasteiger partial charge in [-0.15, -0.1) is 0 Å². The largest absolute Gasteiger partial charge is 0.393 e. The molecule has 1 atom stereocenters. The molecular formula is C4H8O2. The van der Waals surface area contributed by atoms with Crippen LogP contribution >= 0.6 is 0 Å². The summed E-state index contributed by atoms with van der Waals surface area (Å²) in [6.45, 7) is 1.58. The van der Waals surface area contributed by atoms with E-state index in [4.69, 9.17) is 5.11 Å². The van der Waals surface area contributed by atoms with Gasteiger partial charge in [-0.1, -0.05) is 0 Å². The summed E-state index contributed by atoms with van der Waals surface area (Å²) in [5.41, 5.74) is 0. The standard InChI is InChI=1S/C4H8O2/c1-4(6)2-3-5/h3-4,6H,2H2,1H3/t4-/m0/s1. The van der Waals surface area contributed by atoms with Gasteiger partial charge in [0.2, 0.25) is 0 Å². The summed E-state index contributed by atoms with van der Waals surface area (Å²) in [4.78, 5) is 9.46. The summed E-state index contributed by atoms with van der Waals surface area (Å²) in [5, 5.41) is 8.32. The van der Waals surface area contributed by atoms with Gasteiger partial charge in [0.05, 0.1) is 6.10 Å². The molecule has 0 aliphatic rings. The lowest BCUT2D eigenvalue weighted by atomic mass is 10.3. The second kappa shape index (κ2) is 2.85. The van der Waals surface area contributed by atoms with Crippen molar-refractivity contribution >= 4 is 6.29 Å². The van der Waals surface area contributed by atoms with Crippen molar-refractivity contribution in [3.05, 3.63) is 0 Å². The fraction of sp³-hybridized carbons (Fsp3) is 0.750. The second-order valence-corrected chi connectivity index (χ2v) is 1.25. The number of aldehydes is 1. The smallest absolute Gasteiger partial charge is 0.122 e. The Morgan fingerprint density at radius 2 is 2.50 bits per heavy atom. The zero-order valence-electron chi connectivity index (χ0n) is 3.72. The molecule has 0 saturated carbocycles. The predicted molar refractivity (Wildman–Crippen MR) is 22.4 cm³/mol. The molecule has 0 unspecified atom stereocenters. The Morgan fingerprint density at radius 3 is 2.50 bits per heavy atom. The molecular weight excluding hydrogens is 80.0 g/mol. The Kier molecular flexibility index (Phi) is 2.67. The van der Waals surface area contributed by atoms with Gasteiger partial charge >= 0.3 is 0 Å². The molecule has 0 radical (unpaired) electrons. The maximum absolute atomic E-state index is 9.46. The van der Waals surface area contributed by atoms with Crippen LogP contribution in [0.4, 0.5) is 0 Å². The van der Waals surface area contributed by atoms with Crippen molar-refractivity contribution in [2.45, 2.75) is 19.4 Å². The van der Waals surface area contributed by atoms with Crippen molar-refractivity contribution < 1.29 is 9.90 Å². The summed E-state index contributed by atoms with van der Waals surface area (Å²) < 4.78 is 0. The number of carbonyl (C=O) groups is 1. The highest BCUT2D eigenvalue weighted by atomic mass is 16.3. The molecule has 0 rings (SSSR count). The van der Waals surface area contributed by atoms with Crippen LogP contribution < -0.4 is 0 Å². The monoisotopic (exact) mass is 88.1 g/mol. The third-order valence-corrected chi connectivity index (χ3v) is 0.437. The van der Waals surface area contributed by atoms with E-state index in [1.54, 1.807) is 6.92 Å². The molecule has 0 aromatic carbocycles. The average molecular weight is 88.1 g/mol. The van der Waals surface area contributed by atoms with Crippen LogP contribution in [0.2, 0.25) is 0 Å². The Labute approximate surface area is 36.8 Å². The molecule has 36 valence electrons. The summed E-state index contributed by atoms with van der Waals surface area (Å²) in [6.07, 6.45) is 0.479. The van der Waals surface area contributed by atoms with Crippen LogP contribution in [-0.2, 0) is 4.79 Å². The molecule has 0 saturated heterocycles. The van der Waals surface area contributed by atoms with E-state index in [1.807, 2.05) is 0 Å². The molecule has 0 aromatic rings. The first-order chi connectivity index (χ1) is 2.77. The lowest BCUT2D eigenvalue weighted by Gasteiger charge is -1.89. The van der Waals surface area contributed by atoms with E-state index in [0.717, 1.165) is 0 Å². The maximum atomic E-state index is 9.46. The highest BCUT2D eigenvalue weighted by Crippen LogP contribution is 1.79. The molecule has 0 aliphatic carbocycles. The lowest BCUT2D eigenvalue weighted by molar-refractivity contribution is -0.109. The van der Waals surface area contributed by atoms with Gasteiger partial charge in [0, 0.05) is 6.42 Å². The van der Waals surface area contributed by atoms with Gasteiger partial charge in [0.25, 0.3) is 0 Å². The molecule has 0 aromatic heterocycles. The second-order valence-electron chi connectivity index (χ2n) is 1.25. The summed E-state index contributed by atoms with van der Waals surface area (Å²) in [5.74, 6) is 0.